The van der Waals surface area contributed by atoms with Crippen molar-refractivity contribution < 1.29 is 18.3 Å². The van der Waals surface area contributed by atoms with Crippen molar-refractivity contribution in [1.29, 1.82) is 0 Å². The third-order valence-electron chi connectivity index (χ3n) is 6.95. The Kier molecular flexibility index (Phi) is 8.79. The maximum Gasteiger partial charge on any atom is 0.249 e. The van der Waals surface area contributed by atoms with Gasteiger partial charge in [-0.05, 0) is 60.2 Å². The standard InChI is InChI=1S/C29H35N5O4S2/c1-17(2)15-34(40(37,38)20-9-12-24-26(14-20)39-29(32)33-24)16-25(35)23(13-19-7-5-4-6-8-19)22-11-10-21(28(31)36)18(3)27(22)30/h4-12,14,17,23,25,35H,13,15-16,30H2,1-3H3,(H2,31,36)(H2,32,33)/t23-,25-/m0/s1. The minimum Gasteiger partial charge on any atom is -0.398 e. The molecule has 0 fully saturated rings. The number of nitrogens with two attached hydrogens (primary N) is 3. The Hall–Kier alpha value is -3.51. The second kappa shape index (κ2) is 11.9. The van der Waals surface area contributed by atoms with Crippen molar-refractivity contribution in [3.8, 4) is 0 Å². The fourth-order valence-corrected chi connectivity index (χ4v) is 7.40. The molecule has 11 heteroatoms. The number of aliphatic hydroxyl groups is 1. The lowest BCUT2D eigenvalue weighted by Gasteiger charge is -2.31. The number of sulfonamides is 1. The highest BCUT2D eigenvalue weighted by Gasteiger charge is 2.33. The van der Waals surface area contributed by atoms with E-state index in [1.807, 2.05) is 44.2 Å². The van der Waals surface area contributed by atoms with Crippen LogP contribution in [0.5, 0.6) is 0 Å². The maximum atomic E-state index is 13.9. The number of aromatic nitrogens is 1. The number of benzene rings is 3. The van der Waals surface area contributed by atoms with Crippen LogP contribution >= 0.6 is 11.3 Å². The van der Waals surface area contributed by atoms with Gasteiger partial charge >= 0.3 is 0 Å². The number of nitrogens with zero attached hydrogens (tertiary/aromatic N) is 2. The summed E-state index contributed by atoms with van der Waals surface area (Å²) in [5.41, 5.74) is 21.2. The highest BCUT2D eigenvalue weighted by molar-refractivity contribution is 7.89. The molecule has 0 aliphatic rings. The summed E-state index contributed by atoms with van der Waals surface area (Å²) in [6, 6.07) is 17.6. The van der Waals surface area contributed by atoms with Crippen LogP contribution < -0.4 is 17.2 Å². The summed E-state index contributed by atoms with van der Waals surface area (Å²) in [5, 5.41) is 12.1. The van der Waals surface area contributed by atoms with E-state index < -0.39 is 28.0 Å². The molecular formula is C29H35N5O4S2. The SMILES string of the molecule is Cc1c(C(N)=O)ccc([C@H](Cc2ccccc2)[C@@H](O)CN(CC(C)C)S(=O)(=O)c2ccc3nc(N)sc3c2)c1N. The lowest BCUT2D eigenvalue weighted by molar-refractivity contribution is 0.0999. The Morgan fingerprint density at radius 2 is 1.75 bits per heavy atom. The van der Waals surface area contributed by atoms with Gasteiger partial charge in [0.15, 0.2) is 5.13 Å². The molecule has 0 aliphatic heterocycles. The molecule has 0 spiro atoms. The predicted molar refractivity (Wildman–Crippen MR) is 161 cm³/mol. The molecule has 0 bridgehead atoms. The van der Waals surface area contributed by atoms with Crippen LogP contribution in [0.1, 0.15) is 46.8 Å². The van der Waals surface area contributed by atoms with Gasteiger partial charge in [0.05, 0.1) is 21.2 Å². The van der Waals surface area contributed by atoms with Gasteiger partial charge in [-0.1, -0.05) is 61.6 Å². The summed E-state index contributed by atoms with van der Waals surface area (Å²) in [4.78, 5) is 16.2. The number of fused-ring (bicyclic) bond motifs is 1. The van der Waals surface area contributed by atoms with Crippen molar-refractivity contribution in [3.05, 3.63) is 82.9 Å². The molecular weight excluding hydrogens is 546 g/mol. The van der Waals surface area contributed by atoms with E-state index in [2.05, 4.69) is 4.98 Å². The average Bonchev–Trinajstić information content (AvgIpc) is 3.28. The van der Waals surface area contributed by atoms with E-state index in [9.17, 15) is 18.3 Å². The maximum absolute atomic E-state index is 13.9. The Morgan fingerprint density at radius 3 is 2.40 bits per heavy atom. The Morgan fingerprint density at radius 1 is 1.05 bits per heavy atom. The quantitative estimate of drug-likeness (QED) is 0.195. The van der Waals surface area contributed by atoms with Gasteiger partial charge in [0.25, 0.3) is 0 Å². The summed E-state index contributed by atoms with van der Waals surface area (Å²) in [6.45, 7) is 5.61. The molecule has 40 heavy (non-hydrogen) atoms. The summed E-state index contributed by atoms with van der Waals surface area (Å²) in [5.74, 6) is -1.15. The molecule has 3 aromatic carbocycles. The van der Waals surface area contributed by atoms with Crippen molar-refractivity contribution in [3.63, 3.8) is 0 Å². The van der Waals surface area contributed by atoms with Crippen LogP contribution in [0, 0.1) is 12.8 Å². The fourth-order valence-electron chi connectivity index (χ4n) is 4.91. The summed E-state index contributed by atoms with van der Waals surface area (Å²) in [6.07, 6.45) is -0.707. The van der Waals surface area contributed by atoms with Crippen molar-refractivity contribution in [2.24, 2.45) is 11.7 Å². The minimum atomic E-state index is -3.98. The molecule has 4 rings (SSSR count). The van der Waals surface area contributed by atoms with E-state index >= 15 is 0 Å². The first-order valence-electron chi connectivity index (χ1n) is 13.0. The van der Waals surface area contributed by atoms with Gasteiger partial charge in [-0.25, -0.2) is 13.4 Å². The van der Waals surface area contributed by atoms with Gasteiger partial charge in [0.1, 0.15) is 0 Å². The van der Waals surface area contributed by atoms with Crippen LogP contribution in [0.25, 0.3) is 10.2 Å². The number of aliphatic hydroxyl groups excluding tert-OH is 1. The third kappa shape index (κ3) is 6.28. The number of hydrogen-bond donors (Lipinski definition) is 4. The first kappa shape index (κ1) is 29.5. The van der Waals surface area contributed by atoms with Gasteiger partial charge in [0.2, 0.25) is 15.9 Å². The molecule has 0 saturated carbocycles. The largest absolute Gasteiger partial charge is 0.398 e. The van der Waals surface area contributed by atoms with Gasteiger partial charge in [-0.3, -0.25) is 4.79 Å². The first-order chi connectivity index (χ1) is 18.9. The van der Waals surface area contributed by atoms with Gasteiger partial charge < -0.3 is 22.3 Å². The van der Waals surface area contributed by atoms with Crippen molar-refractivity contribution in [2.45, 2.75) is 44.1 Å². The topological polar surface area (TPSA) is 166 Å². The molecule has 4 aromatic rings. The van der Waals surface area contributed by atoms with Gasteiger partial charge in [-0.15, -0.1) is 0 Å². The number of carbonyl (C=O) groups is 1. The van der Waals surface area contributed by atoms with Crippen molar-refractivity contribution in [1.82, 2.24) is 9.29 Å². The molecule has 0 saturated heterocycles. The van der Waals surface area contributed by atoms with E-state index in [0.29, 0.717) is 44.1 Å². The molecule has 1 aromatic heterocycles. The predicted octanol–water partition coefficient (Wildman–Crippen LogP) is 3.90. The molecule has 1 amide bonds. The number of amides is 1. The molecule has 0 radical (unpaired) electrons. The zero-order chi connectivity index (χ0) is 29.2. The van der Waals surface area contributed by atoms with E-state index in [0.717, 1.165) is 5.56 Å². The van der Waals surface area contributed by atoms with E-state index in [1.165, 1.54) is 21.7 Å². The highest BCUT2D eigenvalue weighted by Crippen LogP contribution is 2.34. The van der Waals surface area contributed by atoms with Crippen molar-refractivity contribution >= 4 is 48.3 Å². The number of rotatable bonds is 11. The van der Waals surface area contributed by atoms with Crippen LogP contribution in [-0.4, -0.2) is 47.9 Å². The van der Waals surface area contributed by atoms with E-state index in [4.69, 9.17) is 17.2 Å². The monoisotopic (exact) mass is 581 g/mol. The molecule has 2 atom stereocenters. The second-order valence-corrected chi connectivity index (χ2v) is 13.4. The molecule has 0 aliphatic carbocycles. The highest BCUT2D eigenvalue weighted by atomic mass is 32.2. The summed E-state index contributed by atoms with van der Waals surface area (Å²) < 4.78 is 29.8. The average molecular weight is 582 g/mol. The summed E-state index contributed by atoms with van der Waals surface area (Å²) >= 11 is 1.22. The van der Waals surface area contributed by atoms with Crippen LogP contribution in [0.4, 0.5) is 10.8 Å². The Bertz CT molecular complexity index is 1620. The normalized spacial score (nSPS) is 13.7. The second-order valence-electron chi connectivity index (χ2n) is 10.4. The van der Waals surface area contributed by atoms with Crippen molar-refractivity contribution in [2.75, 3.05) is 24.6 Å². The van der Waals surface area contributed by atoms with Crippen LogP contribution in [0.2, 0.25) is 0 Å². The zero-order valence-electron chi connectivity index (χ0n) is 22.7. The minimum absolute atomic E-state index is 0.000470. The molecule has 212 valence electrons. The number of nitrogen functional groups attached to an aromatic ring is 2. The number of primary amides is 1. The lowest BCUT2D eigenvalue weighted by atomic mass is 9.84. The van der Waals surface area contributed by atoms with E-state index in [-0.39, 0.29) is 23.9 Å². The zero-order valence-corrected chi connectivity index (χ0v) is 24.4. The summed E-state index contributed by atoms with van der Waals surface area (Å²) in [7, 11) is -3.98. The molecule has 0 unspecified atom stereocenters. The van der Waals surface area contributed by atoms with E-state index in [1.54, 1.807) is 31.2 Å². The number of thiazole rings is 1. The number of anilines is 2. The molecule has 9 nitrogen and oxygen atoms in total. The van der Waals surface area contributed by atoms with Crippen LogP contribution in [0.3, 0.4) is 0 Å². The number of carbonyl (C=O) groups excluding carboxylic acids is 1. The third-order valence-corrected chi connectivity index (χ3v) is 9.63. The lowest BCUT2D eigenvalue weighted by Crippen LogP contribution is -2.42. The number of hydrogen-bond acceptors (Lipinski definition) is 8. The smallest absolute Gasteiger partial charge is 0.249 e. The Balaban J connectivity index is 1.73. The van der Waals surface area contributed by atoms with Crippen LogP contribution in [-0.2, 0) is 16.4 Å². The van der Waals surface area contributed by atoms with Gasteiger partial charge in [0, 0.05) is 30.3 Å². The first-order valence-corrected chi connectivity index (χ1v) is 15.2. The van der Waals surface area contributed by atoms with Crippen LogP contribution in [0.15, 0.2) is 65.6 Å². The Labute approximate surface area is 238 Å². The fraction of sp³-hybridized carbons (Fsp3) is 0.310. The van der Waals surface area contributed by atoms with Gasteiger partial charge in [-0.2, -0.15) is 4.31 Å². The molecule has 7 N–H and O–H groups in total. The molecule has 1 heterocycles.